The highest BCUT2D eigenvalue weighted by atomic mass is 16.2. The highest BCUT2D eigenvalue weighted by Crippen LogP contribution is 2.24. The molecule has 1 aliphatic rings. The zero-order chi connectivity index (χ0) is 13.7. The average Bonchev–Trinajstić information content (AvgIpc) is 2.47. The number of carbonyl (C=O) groups excluding carboxylic acids is 1. The van der Waals surface area contributed by atoms with Crippen LogP contribution in [0.5, 0.6) is 0 Å². The van der Waals surface area contributed by atoms with E-state index in [0.29, 0.717) is 11.3 Å². The number of nitrogen functional groups attached to an aromatic ring is 1. The Balaban J connectivity index is 2.01. The zero-order valence-corrected chi connectivity index (χ0v) is 11.4. The summed E-state index contributed by atoms with van der Waals surface area (Å²) in [5.74, 6) is 6.24. The molecule has 19 heavy (non-hydrogen) atoms. The second-order valence-corrected chi connectivity index (χ2v) is 5.09. The maximum Gasteiger partial charge on any atom is 0.256 e. The molecule has 3 N–H and O–H groups in total. The van der Waals surface area contributed by atoms with Gasteiger partial charge in [-0.15, -0.1) is 0 Å². The van der Waals surface area contributed by atoms with Crippen molar-refractivity contribution in [2.24, 2.45) is 11.8 Å². The van der Waals surface area contributed by atoms with Crippen LogP contribution in [0.3, 0.4) is 0 Å². The molecule has 2 rings (SSSR count). The lowest BCUT2D eigenvalue weighted by Gasteiger charge is -2.32. The quantitative estimate of drug-likeness (QED) is 0.643. The van der Waals surface area contributed by atoms with Gasteiger partial charge in [0.1, 0.15) is 0 Å². The maximum absolute atomic E-state index is 12.4. The van der Waals surface area contributed by atoms with Crippen LogP contribution in [0.1, 0.15) is 43.0 Å². The van der Waals surface area contributed by atoms with Gasteiger partial charge in [-0.25, -0.2) is 0 Å². The summed E-state index contributed by atoms with van der Waals surface area (Å²) in [4.78, 5) is 18.3. The Hall–Kier alpha value is -1.62. The highest BCUT2D eigenvalue weighted by Gasteiger charge is 2.24. The van der Waals surface area contributed by atoms with Gasteiger partial charge in [-0.05, 0) is 24.8 Å². The molecule has 1 aromatic rings. The van der Waals surface area contributed by atoms with Crippen molar-refractivity contribution in [3.63, 3.8) is 0 Å². The first kappa shape index (κ1) is 13.8. The smallest absolute Gasteiger partial charge is 0.256 e. The molecule has 0 spiro atoms. The molecule has 1 saturated heterocycles. The predicted octanol–water partition coefficient (Wildman–Crippen LogP) is 2.02. The Kier molecular flexibility index (Phi) is 4.74. The van der Waals surface area contributed by atoms with Crippen LogP contribution in [0, 0.1) is 5.92 Å². The van der Waals surface area contributed by atoms with Gasteiger partial charge in [-0.1, -0.05) is 19.8 Å². The van der Waals surface area contributed by atoms with Crippen LogP contribution in [0.15, 0.2) is 18.5 Å². The number of hydrogen-bond acceptors (Lipinski definition) is 4. The summed E-state index contributed by atoms with van der Waals surface area (Å²) >= 11 is 0. The molecule has 0 bridgehead atoms. The van der Waals surface area contributed by atoms with Crippen molar-refractivity contribution in [2.45, 2.75) is 32.6 Å². The number of aromatic nitrogens is 1. The summed E-state index contributed by atoms with van der Waals surface area (Å²) in [7, 11) is 0. The van der Waals surface area contributed by atoms with Crippen LogP contribution >= 0.6 is 0 Å². The van der Waals surface area contributed by atoms with E-state index in [2.05, 4.69) is 17.3 Å². The zero-order valence-electron chi connectivity index (χ0n) is 11.4. The lowest BCUT2D eigenvalue weighted by Crippen LogP contribution is -2.38. The molecule has 1 fully saturated rings. The lowest BCUT2D eigenvalue weighted by atomic mass is 9.92. The average molecular weight is 262 g/mol. The van der Waals surface area contributed by atoms with Gasteiger partial charge in [0.25, 0.3) is 5.91 Å². The van der Waals surface area contributed by atoms with E-state index in [1.165, 1.54) is 12.8 Å². The minimum Gasteiger partial charge on any atom is -0.339 e. The van der Waals surface area contributed by atoms with Crippen molar-refractivity contribution in [3.05, 3.63) is 24.0 Å². The molecule has 1 aliphatic heterocycles. The molecule has 0 aromatic carbocycles. The molecule has 2 heterocycles. The number of carbonyl (C=O) groups is 1. The number of piperidine rings is 1. The van der Waals surface area contributed by atoms with E-state index in [1.807, 2.05) is 4.90 Å². The molecule has 0 atom stereocenters. The van der Waals surface area contributed by atoms with Gasteiger partial charge < -0.3 is 10.3 Å². The van der Waals surface area contributed by atoms with Gasteiger partial charge in [0.15, 0.2) is 0 Å². The van der Waals surface area contributed by atoms with Crippen molar-refractivity contribution in [1.29, 1.82) is 0 Å². The van der Waals surface area contributed by atoms with Crippen LogP contribution in [-0.2, 0) is 0 Å². The number of anilines is 1. The van der Waals surface area contributed by atoms with Crippen molar-refractivity contribution >= 4 is 11.6 Å². The van der Waals surface area contributed by atoms with E-state index in [1.54, 1.807) is 18.5 Å². The summed E-state index contributed by atoms with van der Waals surface area (Å²) in [6.45, 7) is 3.90. The first-order valence-corrected chi connectivity index (χ1v) is 6.96. The lowest BCUT2D eigenvalue weighted by molar-refractivity contribution is 0.0687. The maximum atomic E-state index is 12.4. The Morgan fingerprint density at radius 2 is 2.26 bits per heavy atom. The first-order valence-electron chi connectivity index (χ1n) is 6.96. The van der Waals surface area contributed by atoms with E-state index in [9.17, 15) is 4.79 Å². The number of nitrogens with zero attached hydrogens (tertiary/aromatic N) is 2. The van der Waals surface area contributed by atoms with Gasteiger partial charge in [0.05, 0.1) is 17.4 Å². The van der Waals surface area contributed by atoms with Crippen molar-refractivity contribution < 1.29 is 4.79 Å². The van der Waals surface area contributed by atoms with Crippen LogP contribution < -0.4 is 11.3 Å². The molecule has 104 valence electrons. The molecule has 0 radical (unpaired) electrons. The Morgan fingerprint density at radius 1 is 1.53 bits per heavy atom. The van der Waals surface area contributed by atoms with Crippen LogP contribution in [0.2, 0.25) is 0 Å². The Labute approximate surface area is 114 Å². The van der Waals surface area contributed by atoms with Crippen LogP contribution in [-0.4, -0.2) is 28.9 Å². The second-order valence-electron chi connectivity index (χ2n) is 5.09. The number of amides is 1. The van der Waals surface area contributed by atoms with Gasteiger partial charge in [0.2, 0.25) is 0 Å². The summed E-state index contributed by atoms with van der Waals surface area (Å²) in [6, 6.07) is 1.72. The van der Waals surface area contributed by atoms with Crippen molar-refractivity contribution in [2.75, 3.05) is 18.5 Å². The fraction of sp³-hybridized carbons (Fsp3) is 0.571. The third kappa shape index (κ3) is 3.23. The van der Waals surface area contributed by atoms with Gasteiger partial charge in [-0.3, -0.25) is 15.6 Å². The number of hydrazine groups is 1. The molecule has 1 aromatic heterocycles. The molecular weight excluding hydrogens is 240 g/mol. The third-order valence-corrected chi connectivity index (χ3v) is 3.81. The molecular formula is C14H22N4O. The normalized spacial score (nSPS) is 16.4. The second kappa shape index (κ2) is 6.52. The molecule has 0 unspecified atom stereocenters. The van der Waals surface area contributed by atoms with E-state index in [0.717, 1.165) is 31.8 Å². The van der Waals surface area contributed by atoms with Gasteiger partial charge >= 0.3 is 0 Å². The fourth-order valence-electron chi connectivity index (χ4n) is 2.70. The minimum absolute atomic E-state index is 0.0466. The fourth-order valence-corrected chi connectivity index (χ4v) is 2.70. The summed E-state index contributed by atoms with van der Waals surface area (Å²) in [5, 5.41) is 0. The standard InChI is InChI=1S/C14H22N4O/c1-2-3-11-5-8-18(9-6-11)14(19)12-4-7-16-10-13(12)17-15/h4,7,10-11,17H,2-3,5-6,8-9,15H2,1H3. The molecule has 1 amide bonds. The van der Waals surface area contributed by atoms with E-state index < -0.39 is 0 Å². The number of likely N-dealkylation sites (tertiary alicyclic amines) is 1. The summed E-state index contributed by atoms with van der Waals surface area (Å²) in [6.07, 6.45) is 7.91. The van der Waals surface area contributed by atoms with Gasteiger partial charge in [0, 0.05) is 19.3 Å². The molecule has 5 heteroatoms. The Bertz CT molecular complexity index is 427. The largest absolute Gasteiger partial charge is 0.339 e. The SMILES string of the molecule is CCCC1CCN(C(=O)c2ccncc2NN)CC1. The summed E-state index contributed by atoms with van der Waals surface area (Å²) < 4.78 is 0. The van der Waals surface area contributed by atoms with Crippen molar-refractivity contribution in [3.8, 4) is 0 Å². The number of nitrogens with one attached hydrogen (secondary N) is 1. The minimum atomic E-state index is 0.0466. The monoisotopic (exact) mass is 262 g/mol. The number of hydrogen-bond donors (Lipinski definition) is 2. The molecule has 0 saturated carbocycles. The highest BCUT2D eigenvalue weighted by molar-refractivity contribution is 5.99. The molecule has 0 aliphatic carbocycles. The summed E-state index contributed by atoms with van der Waals surface area (Å²) in [5.41, 5.74) is 3.72. The van der Waals surface area contributed by atoms with E-state index >= 15 is 0 Å². The van der Waals surface area contributed by atoms with Gasteiger partial charge in [-0.2, -0.15) is 0 Å². The topological polar surface area (TPSA) is 71.2 Å². The number of rotatable bonds is 4. The van der Waals surface area contributed by atoms with Crippen LogP contribution in [0.4, 0.5) is 5.69 Å². The first-order chi connectivity index (χ1) is 9.26. The van der Waals surface area contributed by atoms with E-state index in [-0.39, 0.29) is 5.91 Å². The molecule has 5 nitrogen and oxygen atoms in total. The van der Waals surface area contributed by atoms with E-state index in [4.69, 9.17) is 5.84 Å². The number of pyridine rings is 1. The predicted molar refractivity (Wildman–Crippen MR) is 75.6 cm³/mol. The van der Waals surface area contributed by atoms with Crippen LogP contribution in [0.25, 0.3) is 0 Å². The van der Waals surface area contributed by atoms with Crippen molar-refractivity contribution in [1.82, 2.24) is 9.88 Å². The Morgan fingerprint density at radius 3 is 2.89 bits per heavy atom. The third-order valence-electron chi connectivity index (χ3n) is 3.81. The number of nitrogens with two attached hydrogens (primary N) is 1.